The van der Waals surface area contributed by atoms with Gasteiger partial charge in [0.2, 0.25) is 11.8 Å². The van der Waals surface area contributed by atoms with E-state index in [0.29, 0.717) is 22.5 Å². The summed E-state index contributed by atoms with van der Waals surface area (Å²) >= 11 is 6.05. The van der Waals surface area contributed by atoms with Gasteiger partial charge >= 0.3 is 6.03 Å². The van der Waals surface area contributed by atoms with E-state index in [0.717, 1.165) is 25.7 Å². The minimum Gasteiger partial charge on any atom is -0.480 e. The van der Waals surface area contributed by atoms with Crippen LogP contribution in [0.4, 0.5) is 10.5 Å². The molecule has 1 heterocycles. The van der Waals surface area contributed by atoms with Crippen molar-refractivity contribution in [1.82, 2.24) is 15.3 Å². The number of hydrogen-bond donors (Lipinski definition) is 2. The number of para-hydroxylation sites is 1. The van der Waals surface area contributed by atoms with Crippen molar-refractivity contribution in [2.45, 2.75) is 37.8 Å². The summed E-state index contributed by atoms with van der Waals surface area (Å²) in [5.41, 5.74) is 0.597. The lowest BCUT2D eigenvalue weighted by molar-refractivity contribution is 0.134. The molecule has 2 N–H and O–H groups in total. The number of halogens is 1. The molecule has 26 heavy (non-hydrogen) atoms. The third-order valence-corrected chi connectivity index (χ3v) is 4.55. The van der Waals surface area contributed by atoms with Crippen LogP contribution in [0.25, 0.3) is 0 Å². The molecule has 1 aromatic carbocycles. The molecular formula is C18H21ClN4O3. The van der Waals surface area contributed by atoms with E-state index < -0.39 is 0 Å². The molecule has 0 atom stereocenters. The molecule has 2 amide bonds. The Labute approximate surface area is 157 Å². The summed E-state index contributed by atoms with van der Waals surface area (Å²) in [4.78, 5) is 20.4. The van der Waals surface area contributed by atoms with E-state index in [1.807, 2.05) is 12.1 Å². The standard InChI is InChI=1S/C18H21ClN4O3/c1-25-16-10-20-11-17(23-16)26-13-8-6-12(7-9-13)21-18(24)22-15-5-3-2-4-14(15)19/h2-5,10-13H,6-9H2,1H3,(H2,21,22,24). The molecule has 1 aliphatic rings. The van der Waals surface area contributed by atoms with Crippen LogP contribution in [0.1, 0.15) is 25.7 Å². The number of benzene rings is 1. The summed E-state index contributed by atoms with van der Waals surface area (Å²) in [5, 5.41) is 6.27. The first-order valence-electron chi connectivity index (χ1n) is 8.49. The van der Waals surface area contributed by atoms with Gasteiger partial charge in [-0.2, -0.15) is 4.98 Å². The molecule has 0 saturated heterocycles. The molecule has 0 aliphatic heterocycles. The largest absolute Gasteiger partial charge is 0.480 e. The number of carbonyl (C=O) groups is 1. The van der Waals surface area contributed by atoms with Crippen LogP contribution in [-0.4, -0.2) is 35.3 Å². The first-order valence-corrected chi connectivity index (χ1v) is 8.86. The number of aromatic nitrogens is 2. The number of rotatable bonds is 5. The zero-order valence-electron chi connectivity index (χ0n) is 14.4. The number of ether oxygens (including phenoxy) is 2. The lowest BCUT2D eigenvalue weighted by Crippen LogP contribution is -2.41. The van der Waals surface area contributed by atoms with Gasteiger partial charge in [-0.1, -0.05) is 23.7 Å². The maximum absolute atomic E-state index is 12.1. The Morgan fingerprint density at radius 1 is 1.15 bits per heavy atom. The highest BCUT2D eigenvalue weighted by atomic mass is 35.5. The second kappa shape index (κ2) is 8.71. The van der Waals surface area contributed by atoms with Crippen LogP contribution < -0.4 is 20.1 Å². The van der Waals surface area contributed by atoms with Gasteiger partial charge in [0.1, 0.15) is 6.10 Å². The predicted octanol–water partition coefficient (Wildman–Crippen LogP) is 3.65. The normalized spacial score (nSPS) is 19.5. The Bertz CT molecular complexity index is 751. The minimum absolute atomic E-state index is 0.0566. The fourth-order valence-electron chi connectivity index (χ4n) is 2.89. The average molecular weight is 377 g/mol. The molecule has 2 aromatic rings. The van der Waals surface area contributed by atoms with E-state index in [2.05, 4.69) is 20.6 Å². The van der Waals surface area contributed by atoms with Crippen molar-refractivity contribution in [2.75, 3.05) is 12.4 Å². The Balaban J connectivity index is 1.44. The van der Waals surface area contributed by atoms with Gasteiger partial charge in [0, 0.05) is 6.04 Å². The van der Waals surface area contributed by atoms with E-state index in [1.54, 1.807) is 25.4 Å². The van der Waals surface area contributed by atoms with E-state index in [9.17, 15) is 4.79 Å². The van der Waals surface area contributed by atoms with Crippen LogP contribution in [0.2, 0.25) is 5.02 Å². The topological polar surface area (TPSA) is 85.4 Å². The zero-order chi connectivity index (χ0) is 18.4. The summed E-state index contributed by atoms with van der Waals surface area (Å²) in [6, 6.07) is 7.00. The Kier molecular flexibility index (Phi) is 6.12. The van der Waals surface area contributed by atoms with Gasteiger partial charge in [-0.15, -0.1) is 0 Å². The smallest absolute Gasteiger partial charge is 0.319 e. The fourth-order valence-corrected chi connectivity index (χ4v) is 3.07. The van der Waals surface area contributed by atoms with Crippen molar-refractivity contribution in [1.29, 1.82) is 0 Å². The fraction of sp³-hybridized carbons (Fsp3) is 0.389. The van der Waals surface area contributed by atoms with Gasteiger partial charge in [-0.25, -0.2) is 4.79 Å². The Morgan fingerprint density at radius 3 is 2.62 bits per heavy atom. The molecule has 0 spiro atoms. The quantitative estimate of drug-likeness (QED) is 0.831. The van der Waals surface area contributed by atoms with Crippen LogP contribution in [0.3, 0.4) is 0 Å². The number of methoxy groups -OCH3 is 1. The molecule has 1 saturated carbocycles. The molecule has 0 unspecified atom stereocenters. The maximum Gasteiger partial charge on any atom is 0.319 e. The summed E-state index contributed by atoms with van der Waals surface area (Å²) < 4.78 is 10.9. The number of nitrogens with zero attached hydrogens (tertiary/aromatic N) is 2. The Morgan fingerprint density at radius 2 is 1.88 bits per heavy atom. The van der Waals surface area contributed by atoms with E-state index in [1.165, 1.54) is 6.20 Å². The second-order valence-electron chi connectivity index (χ2n) is 6.07. The van der Waals surface area contributed by atoms with E-state index >= 15 is 0 Å². The Hall–Kier alpha value is -2.54. The predicted molar refractivity (Wildman–Crippen MR) is 98.9 cm³/mol. The summed E-state index contributed by atoms with van der Waals surface area (Å²) in [7, 11) is 1.54. The number of nitrogens with one attached hydrogen (secondary N) is 2. The van der Waals surface area contributed by atoms with Gasteiger partial charge in [0.05, 0.1) is 30.2 Å². The van der Waals surface area contributed by atoms with Crippen molar-refractivity contribution in [3.05, 3.63) is 41.7 Å². The van der Waals surface area contributed by atoms with Gasteiger partial charge in [-0.05, 0) is 37.8 Å². The first kappa shape index (κ1) is 18.3. The number of anilines is 1. The molecule has 0 bridgehead atoms. The van der Waals surface area contributed by atoms with Gasteiger partial charge < -0.3 is 20.1 Å². The van der Waals surface area contributed by atoms with E-state index in [-0.39, 0.29) is 18.2 Å². The van der Waals surface area contributed by atoms with Crippen LogP contribution in [0.15, 0.2) is 36.7 Å². The molecular weight excluding hydrogens is 356 g/mol. The first-order chi connectivity index (χ1) is 12.6. The van der Waals surface area contributed by atoms with Crippen molar-refractivity contribution in [3.8, 4) is 11.8 Å². The molecule has 138 valence electrons. The highest BCUT2D eigenvalue weighted by Crippen LogP contribution is 2.24. The minimum atomic E-state index is -0.249. The van der Waals surface area contributed by atoms with Crippen molar-refractivity contribution < 1.29 is 14.3 Å². The van der Waals surface area contributed by atoms with Crippen LogP contribution in [0, 0.1) is 0 Å². The third kappa shape index (κ3) is 4.98. The highest BCUT2D eigenvalue weighted by molar-refractivity contribution is 6.33. The van der Waals surface area contributed by atoms with Crippen LogP contribution >= 0.6 is 11.6 Å². The number of urea groups is 1. The van der Waals surface area contributed by atoms with Gasteiger partial charge in [0.25, 0.3) is 0 Å². The van der Waals surface area contributed by atoms with Crippen molar-refractivity contribution in [3.63, 3.8) is 0 Å². The van der Waals surface area contributed by atoms with Crippen molar-refractivity contribution in [2.24, 2.45) is 0 Å². The number of amides is 2. The average Bonchev–Trinajstić information content (AvgIpc) is 2.65. The summed E-state index contributed by atoms with van der Waals surface area (Å²) in [5.74, 6) is 0.881. The second-order valence-corrected chi connectivity index (χ2v) is 6.48. The summed E-state index contributed by atoms with van der Waals surface area (Å²) in [6.07, 6.45) is 6.48. The molecule has 1 aliphatic carbocycles. The van der Waals surface area contributed by atoms with Gasteiger partial charge in [-0.3, -0.25) is 4.98 Å². The number of hydrogen-bond acceptors (Lipinski definition) is 5. The summed E-state index contributed by atoms with van der Waals surface area (Å²) in [6.45, 7) is 0. The molecule has 0 radical (unpaired) electrons. The molecule has 1 aromatic heterocycles. The SMILES string of the molecule is COc1cncc(OC2CCC(NC(=O)Nc3ccccc3Cl)CC2)n1. The zero-order valence-corrected chi connectivity index (χ0v) is 15.2. The molecule has 7 nitrogen and oxygen atoms in total. The molecule has 1 fully saturated rings. The third-order valence-electron chi connectivity index (χ3n) is 4.22. The lowest BCUT2D eigenvalue weighted by atomic mass is 9.93. The van der Waals surface area contributed by atoms with Gasteiger partial charge in [0.15, 0.2) is 0 Å². The highest BCUT2D eigenvalue weighted by Gasteiger charge is 2.24. The van der Waals surface area contributed by atoms with Crippen LogP contribution in [0.5, 0.6) is 11.8 Å². The number of carbonyl (C=O) groups excluding carboxylic acids is 1. The van der Waals surface area contributed by atoms with Crippen molar-refractivity contribution >= 4 is 23.3 Å². The van der Waals surface area contributed by atoms with Crippen LogP contribution in [-0.2, 0) is 0 Å². The lowest BCUT2D eigenvalue weighted by Gasteiger charge is -2.29. The molecule has 3 rings (SSSR count). The maximum atomic E-state index is 12.1. The van der Waals surface area contributed by atoms with E-state index in [4.69, 9.17) is 21.1 Å². The molecule has 8 heteroatoms. The monoisotopic (exact) mass is 376 g/mol.